The molecule has 0 amide bonds. The van der Waals surface area contributed by atoms with Crippen LogP contribution in [0.25, 0.3) is 6.08 Å². The highest BCUT2D eigenvalue weighted by atomic mass is 16.5. The monoisotopic (exact) mass is 272 g/mol. The Balaban J connectivity index is 1.55. The Morgan fingerprint density at radius 1 is 1.30 bits per heavy atom. The average molecular weight is 272 g/mol. The molecule has 20 heavy (non-hydrogen) atoms. The molecule has 0 aromatic heterocycles. The predicted molar refractivity (Wildman–Crippen MR) is 82.7 cm³/mol. The first kappa shape index (κ1) is 13.7. The number of hydrogen-bond donors (Lipinski definition) is 1. The Morgan fingerprint density at radius 3 is 2.85 bits per heavy atom. The topological polar surface area (TPSA) is 38.5 Å². The number of hydrogen-bond acceptors (Lipinski definition) is 3. The highest BCUT2D eigenvalue weighted by Gasteiger charge is 2.40. The molecule has 3 heteroatoms. The Kier molecular flexibility index (Phi) is 4.08. The van der Waals surface area contributed by atoms with Crippen LogP contribution in [0.5, 0.6) is 5.75 Å². The van der Waals surface area contributed by atoms with E-state index in [2.05, 4.69) is 23.1 Å². The third-order valence-electron chi connectivity index (χ3n) is 4.52. The lowest BCUT2D eigenvalue weighted by Gasteiger charge is -2.13. The highest BCUT2D eigenvalue weighted by molar-refractivity contribution is 5.57. The van der Waals surface area contributed by atoms with Crippen molar-refractivity contribution in [1.29, 1.82) is 0 Å². The third kappa shape index (κ3) is 3.05. The van der Waals surface area contributed by atoms with Gasteiger partial charge in [-0.15, -0.1) is 0 Å². The molecule has 2 atom stereocenters. The largest absolute Gasteiger partial charge is 0.496 e. The van der Waals surface area contributed by atoms with Crippen LogP contribution in [-0.4, -0.2) is 37.7 Å². The number of para-hydroxylation sites is 1. The van der Waals surface area contributed by atoms with Crippen LogP contribution in [0.15, 0.2) is 30.3 Å². The lowest BCUT2D eigenvalue weighted by molar-refractivity contribution is 0.349. The Bertz CT molecular complexity index is 482. The molecule has 2 N–H and O–H groups in total. The van der Waals surface area contributed by atoms with E-state index in [0.717, 1.165) is 36.2 Å². The summed E-state index contributed by atoms with van der Waals surface area (Å²) in [6, 6.07) is 8.49. The van der Waals surface area contributed by atoms with Crippen molar-refractivity contribution >= 4 is 6.08 Å². The summed E-state index contributed by atoms with van der Waals surface area (Å²) in [6.07, 6.45) is 7.15. The van der Waals surface area contributed by atoms with E-state index in [4.69, 9.17) is 10.5 Å². The van der Waals surface area contributed by atoms with Gasteiger partial charge in [0.25, 0.3) is 0 Å². The van der Waals surface area contributed by atoms with Gasteiger partial charge in [-0.3, -0.25) is 4.90 Å². The van der Waals surface area contributed by atoms with Gasteiger partial charge in [-0.25, -0.2) is 0 Å². The third-order valence-corrected chi connectivity index (χ3v) is 4.52. The van der Waals surface area contributed by atoms with Crippen molar-refractivity contribution in [2.24, 2.45) is 17.6 Å². The predicted octanol–water partition coefficient (Wildman–Crippen LogP) is 2.38. The number of rotatable bonds is 5. The zero-order valence-corrected chi connectivity index (χ0v) is 12.2. The van der Waals surface area contributed by atoms with Gasteiger partial charge in [-0.05, 0) is 30.7 Å². The lowest BCUT2D eigenvalue weighted by Crippen LogP contribution is -2.30. The van der Waals surface area contributed by atoms with Crippen LogP contribution in [0.1, 0.15) is 18.4 Å². The van der Waals surface area contributed by atoms with E-state index in [1.807, 2.05) is 18.2 Å². The fourth-order valence-electron chi connectivity index (χ4n) is 3.25. The van der Waals surface area contributed by atoms with Gasteiger partial charge in [0.15, 0.2) is 0 Å². The summed E-state index contributed by atoms with van der Waals surface area (Å²) in [5, 5.41) is 0. The molecule has 2 aliphatic rings. The second-order valence-electron chi connectivity index (χ2n) is 6.03. The average Bonchev–Trinajstić information content (AvgIpc) is 3.23. The fraction of sp³-hybridized carbons (Fsp3) is 0.529. The summed E-state index contributed by atoms with van der Waals surface area (Å²) in [6.45, 7) is 3.19. The molecular formula is C17H24N2O. The van der Waals surface area contributed by atoms with Crippen LogP contribution in [0.2, 0.25) is 0 Å². The van der Waals surface area contributed by atoms with Crippen molar-refractivity contribution in [3.05, 3.63) is 35.9 Å². The zero-order valence-electron chi connectivity index (χ0n) is 12.2. The minimum atomic E-state index is 0.377. The first-order valence-electron chi connectivity index (χ1n) is 7.55. The molecule has 3 nitrogen and oxygen atoms in total. The van der Waals surface area contributed by atoms with E-state index in [1.54, 1.807) is 7.11 Å². The summed E-state index contributed by atoms with van der Waals surface area (Å²) >= 11 is 0. The zero-order chi connectivity index (χ0) is 13.9. The number of benzene rings is 1. The molecule has 1 aromatic carbocycles. The molecule has 0 spiro atoms. The second kappa shape index (κ2) is 5.98. The standard InChI is InChI=1S/C17H24N2O/c1-20-17-7-3-2-5-14(17)6-4-10-19-11-15(13-8-9-13)16(18)12-19/h2-7,13,15-16H,8-12,18H2,1H3/t15-,16+/m1/s1. The maximum atomic E-state index is 6.25. The lowest BCUT2D eigenvalue weighted by atomic mass is 9.99. The molecule has 0 radical (unpaired) electrons. The number of nitrogens with two attached hydrogens (primary N) is 1. The molecule has 1 aliphatic heterocycles. The van der Waals surface area contributed by atoms with E-state index in [9.17, 15) is 0 Å². The van der Waals surface area contributed by atoms with E-state index in [1.165, 1.54) is 19.4 Å². The summed E-state index contributed by atoms with van der Waals surface area (Å²) in [7, 11) is 1.71. The van der Waals surface area contributed by atoms with Crippen LogP contribution in [0.4, 0.5) is 0 Å². The van der Waals surface area contributed by atoms with Gasteiger partial charge in [-0.1, -0.05) is 30.4 Å². The summed E-state index contributed by atoms with van der Waals surface area (Å²) < 4.78 is 5.36. The Hall–Kier alpha value is -1.32. The van der Waals surface area contributed by atoms with E-state index in [0.29, 0.717) is 6.04 Å². The Labute approximate surface area is 121 Å². The molecule has 0 unspecified atom stereocenters. The highest BCUT2D eigenvalue weighted by Crippen LogP contribution is 2.40. The maximum absolute atomic E-state index is 6.25. The van der Waals surface area contributed by atoms with E-state index < -0.39 is 0 Å². The van der Waals surface area contributed by atoms with Crippen LogP contribution in [-0.2, 0) is 0 Å². The first-order chi connectivity index (χ1) is 9.78. The molecule has 0 bridgehead atoms. The smallest absolute Gasteiger partial charge is 0.126 e. The van der Waals surface area contributed by atoms with Gasteiger partial charge in [0.2, 0.25) is 0 Å². The second-order valence-corrected chi connectivity index (χ2v) is 6.03. The fourth-order valence-corrected chi connectivity index (χ4v) is 3.25. The van der Waals surface area contributed by atoms with Gasteiger partial charge in [0.1, 0.15) is 5.75 Å². The SMILES string of the molecule is COc1ccccc1C=CCN1C[C@H](C2CC2)[C@@H](N)C1. The van der Waals surface area contributed by atoms with Crippen LogP contribution >= 0.6 is 0 Å². The van der Waals surface area contributed by atoms with Crippen molar-refractivity contribution < 1.29 is 4.74 Å². The van der Waals surface area contributed by atoms with Crippen molar-refractivity contribution in [2.75, 3.05) is 26.7 Å². The van der Waals surface area contributed by atoms with Crippen molar-refractivity contribution in [2.45, 2.75) is 18.9 Å². The molecule has 1 heterocycles. The van der Waals surface area contributed by atoms with Crippen LogP contribution < -0.4 is 10.5 Å². The quantitative estimate of drug-likeness (QED) is 0.894. The van der Waals surface area contributed by atoms with Crippen LogP contribution in [0, 0.1) is 11.8 Å². The van der Waals surface area contributed by atoms with Gasteiger partial charge in [0, 0.05) is 31.2 Å². The number of ether oxygens (including phenoxy) is 1. The molecule has 1 saturated heterocycles. The summed E-state index contributed by atoms with van der Waals surface area (Å²) in [5.41, 5.74) is 7.39. The molecule has 1 saturated carbocycles. The first-order valence-corrected chi connectivity index (χ1v) is 7.55. The molecule has 1 aromatic rings. The van der Waals surface area contributed by atoms with Gasteiger partial charge in [0.05, 0.1) is 7.11 Å². The maximum Gasteiger partial charge on any atom is 0.126 e. The molecule has 2 fully saturated rings. The molecule has 1 aliphatic carbocycles. The molecule has 108 valence electrons. The summed E-state index contributed by atoms with van der Waals surface area (Å²) in [5.74, 6) is 2.57. The Morgan fingerprint density at radius 2 is 2.10 bits per heavy atom. The van der Waals surface area contributed by atoms with Crippen molar-refractivity contribution in [3.63, 3.8) is 0 Å². The summed E-state index contributed by atoms with van der Waals surface area (Å²) in [4.78, 5) is 2.47. The van der Waals surface area contributed by atoms with Crippen LogP contribution in [0.3, 0.4) is 0 Å². The van der Waals surface area contributed by atoms with Crippen molar-refractivity contribution in [1.82, 2.24) is 4.90 Å². The number of nitrogens with zero attached hydrogens (tertiary/aromatic N) is 1. The molecular weight excluding hydrogens is 248 g/mol. The van der Waals surface area contributed by atoms with Crippen molar-refractivity contribution in [3.8, 4) is 5.75 Å². The van der Waals surface area contributed by atoms with Gasteiger partial charge in [-0.2, -0.15) is 0 Å². The number of likely N-dealkylation sites (tertiary alicyclic amines) is 1. The number of methoxy groups -OCH3 is 1. The molecule has 3 rings (SSSR count). The van der Waals surface area contributed by atoms with E-state index >= 15 is 0 Å². The minimum absolute atomic E-state index is 0.377. The van der Waals surface area contributed by atoms with E-state index in [-0.39, 0.29) is 0 Å². The normalized spacial score (nSPS) is 27.3. The van der Waals surface area contributed by atoms with Gasteiger partial charge < -0.3 is 10.5 Å². The van der Waals surface area contributed by atoms with Gasteiger partial charge >= 0.3 is 0 Å². The minimum Gasteiger partial charge on any atom is -0.496 e.